The van der Waals surface area contributed by atoms with Gasteiger partial charge in [-0.1, -0.05) is 18.2 Å². The fraction of sp³-hybridized carbons (Fsp3) is 0.250. The summed E-state index contributed by atoms with van der Waals surface area (Å²) in [5.74, 6) is 1.46. The summed E-state index contributed by atoms with van der Waals surface area (Å²) in [6.07, 6.45) is 11.0. The number of rotatable bonds is 8. The number of hydrogen-bond donors (Lipinski definition) is 1. The molecule has 34 heavy (non-hydrogen) atoms. The molecule has 0 fully saturated rings. The summed E-state index contributed by atoms with van der Waals surface area (Å²) in [5, 5.41) is 16.7. The number of fused-ring (bicyclic) bond motifs is 1. The number of aryl methyl sites for hydroxylation is 1. The van der Waals surface area contributed by atoms with Crippen molar-refractivity contribution in [3.63, 3.8) is 0 Å². The zero-order valence-electron chi connectivity index (χ0n) is 19.4. The minimum absolute atomic E-state index is 0.0412. The Kier molecular flexibility index (Phi) is 5.72. The van der Waals surface area contributed by atoms with Crippen molar-refractivity contribution in [2.24, 2.45) is 7.05 Å². The second-order valence-electron chi connectivity index (χ2n) is 8.22. The lowest BCUT2D eigenvalue weighted by atomic mass is 10.1. The molecule has 0 spiro atoms. The molecule has 4 heterocycles. The van der Waals surface area contributed by atoms with Crippen LogP contribution in [0.1, 0.15) is 5.56 Å². The lowest BCUT2D eigenvalue weighted by Gasteiger charge is -2.22. The smallest absolute Gasteiger partial charge is 0.211 e. The van der Waals surface area contributed by atoms with Crippen LogP contribution in [-0.4, -0.2) is 59.8 Å². The molecular weight excluding hydrogens is 430 g/mol. The van der Waals surface area contributed by atoms with E-state index in [0.717, 1.165) is 28.0 Å². The van der Waals surface area contributed by atoms with Crippen molar-refractivity contribution < 1.29 is 5.11 Å². The number of aliphatic hydroxyl groups excluding tert-OH is 1. The molecule has 4 aromatic heterocycles. The number of anilines is 2. The molecule has 0 amide bonds. The highest BCUT2D eigenvalue weighted by atomic mass is 16.3. The van der Waals surface area contributed by atoms with Crippen LogP contribution < -0.4 is 9.91 Å². The molecule has 5 rings (SSSR count). The summed E-state index contributed by atoms with van der Waals surface area (Å²) < 4.78 is 5.74. The molecule has 10 nitrogen and oxygen atoms in total. The molecule has 0 aliphatic carbocycles. The van der Waals surface area contributed by atoms with Gasteiger partial charge in [-0.05, 0) is 23.3 Å². The van der Waals surface area contributed by atoms with Crippen LogP contribution in [0.4, 0.5) is 11.8 Å². The van der Waals surface area contributed by atoms with Crippen LogP contribution in [0.15, 0.2) is 67.6 Å². The van der Waals surface area contributed by atoms with Crippen LogP contribution in [-0.2, 0) is 20.1 Å². The van der Waals surface area contributed by atoms with E-state index >= 15 is 0 Å². The minimum Gasteiger partial charge on any atom is -0.395 e. The van der Waals surface area contributed by atoms with Crippen molar-refractivity contribution in [2.45, 2.75) is 13.1 Å². The van der Waals surface area contributed by atoms with Crippen molar-refractivity contribution in [1.82, 2.24) is 34.0 Å². The Hall–Kier alpha value is -4.18. The van der Waals surface area contributed by atoms with Crippen LogP contribution in [0.2, 0.25) is 0 Å². The predicted molar refractivity (Wildman–Crippen MR) is 131 cm³/mol. The van der Waals surface area contributed by atoms with Gasteiger partial charge in [-0.3, -0.25) is 9.58 Å². The van der Waals surface area contributed by atoms with Gasteiger partial charge < -0.3 is 14.7 Å². The predicted octanol–water partition coefficient (Wildman–Crippen LogP) is 2.56. The number of nitrogens with zero attached hydrogens (tertiary/aromatic N) is 9. The highest BCUT2D eigenvalue weighted by Gasteiger charge is 2.18. The van der Waals surface area contributed by atoms with Crippen LogP contribution in [0, 0.1) is 0 Å². The topological polar surface area (TPSA) is 93.1 Å². The molecule has 0 saturated heterocycles. The molecule has 5 aromatic rings. The van der Waals surface area contributed by atoms with Crippen LogP contribution in [0.3, 0.4) is 0 Å². The third-order valence-corrected chi connectivity index (χ3v) is 5.84. The van der Waals surface area contributed by atoms with Crippen molar-refractivity contribution in [1.29, 1.82) is 0 Å². The Morgan fingerprint density at radius 1 is 1.03 bits per heavy atom. The second kappa shape index (κ2) is 8.99. The van der Waals surface area contributed by atoms with E-state index in [-0.39, 0.29) is 6.61 Å². The molecule has 10 heteroatoms. The van der Waals surface area contributed by atoms with Gasteiger partial charge in [0.2, 0.25) is 5.95 Å². The Balaban J connectivity index is 1.42. The van der Waals surface area contributed by atoms with E-state index in [1.807, 2.05) is 70.8 Å². The van der Waals surface area contributed by atoms with Crippen molar-refractivity contribution >= 4 is 22.8 Å². The normalized spacial score (nSPS) is 11.3. The summed E-state index contributed by atoms with van der Waals surface area (Å²) in [6.45, 7) is 1.21. The summed E-state index contributed by atoms with van der Waals surface area (Å²) in [7, 11) is 5.88. The lowest BCUT2D eigenvalue weighted by Crippen LogP contribution is -2.29. The van der Waals surface area contributed by atoms with Gasteiger partial charge in [-0.2, -0.15) is 5.10 Å². The maximum absolute atomic E-state index is 9.35. The average molecular weight is 458 g/mol. The monoisotopic (exact) mass is 457 g/mol. The van der Waals surface area contributed by atoms with Gasteiger partial charge in [-0.25, -0.2) is 19.6 Å². The second-order valence-corrected chi connectivity index (χ2v) is 8.22. The zero-order chi connectivity index (χ0) is 23.7. The van der Waals surface area contributed by atoms with Crippen LogP contribution >= 0.6 is 0 Å². The third-order valence-electron chi connectivity index (χ3n) is 5.84. The first-order valence-corrected chi connectivity index (χ1v) is 11.0. The van der Waals surface area contributed by atoms with Gasteiger partial charge in [0, 0.05) is 58.0 Å². The van der Waals surface area contributed by atoms with Crippen LogP contribution in [0.25, 0.3) is 22.2 Å². The van der Waals surface area contributed by atoms with E-state index in [4.69, 9.17) is 0 Å². The van der Waals surface area contributed by atoms with Gasteiger partial charge in [-0.15, -0.1) is 0 Å². The Morgan fingerprint density at radius 2 is 1.91 bits per heavy atom. The summed E-state index contributed by atoms with van der Waals surface area (Å²) in [4.78, 5) is 15.4. The molecule has 0 bridgehead atoms. The van der Waals surface area contributed by atoms with Crippen LogP contribution in [0.5, 0.6) is 0 Å². The van der Waals surface area contributed by atoms with E-state index in [2.05, 4.69) is 49.3 Å². The van der Waals surface area contributed by atoms with Crippen molar-refractivity contribution in [3.8, 4) is 11.1 Å². The first-order chi connectivity index (χ1) is 16.5. The largest absolute Gasteiger partial charge is 0.395 e. The zero-order valence-corrected chi connectivity index (χ0v) is 19.4. The number of aliphatic hydroxyl groups is 1. The highest BCUT2D eigenvalue weighted by molar-refractivity contribution is 5.89. The molecule has 1 aromatic carbocycles. The molecule has 0 atom stereocenters. The van der Waals surface area contributed by atoms with E-state index in [1.54, 1.807) is 12.5 Å². The van der Waals surface area contributed by atoms with Crippen molar-refractivity contribution in [3.05, 3.63) is 73.2 Å². The first kappa shape index (κ1) is 21.7. The van der Waals surface area contributed by atoms with E-state index in [1.165, 1.54) is 5.56 Å². The standard InChI is InChI=1S/C24H27N9O/c1-29-16-20(14-28-29)19-6-4-5-18(13-19)15-30(2)33-9-7-21-22(26-17-27-23(21)33)31(3)24-25-8-10-32(24)11-12-34/h4-10,13-14,16-17,34H,11-12,15H2,1-3H3. The van der Waals surface area contributed by atoms with Gasteiger partial charge in [0.1, 0.15) is 12.1 Å². The number of aromatic nitrogens is 7. The molecule has 0 aliphatic rings. The third kappa shape index (κ3) is 3.99. The summed E-state index contributed by atoms with van der Waals surface area (Å²) >= 11 is 0. The summed E-state index contributed by atoms with van der Waals surface area (Å²) in [6, 6.07) is 10.5. The molecular formula is C24H27N9O. The molecule has 0 saturated carbocycles. The number of hydrogen-bond acceptors (Lipinski definition) is 7. The van der Waals surface area contributed by atoms with E-state index in [9.17, 15) is 5.11 Å². The fourth-order valence-corrected chi connectivity index (χ4v) is 4.20. The Morgan fingerprint density at radius 3 is 2.71 bits per heavy atom. The van der Waals surface area contributed by atoms with Gasteiger partial charge in [0.05, 0.1) is 24.7 Å². The molecule has 0 radical (unpaired) electrons. The minimum atomic E-state index is 0.0412. The first-order valence-electron chi connectivity index (χ1n) is 11.0. The quantitative estimate of drug-likeness (QED) is 0.383. The van der Waals surface area contributed by atoms with Gasteiger partial charge in [0.15, 0.2) is 5.65 Å². The average Bonchev–Trinajstić information content (AvgIpc) is 3.58. The highest BCUT2D eigenvalue weighted by Crippen LogP contribution is 2.28. The molecule has 1 N–H and O–H groups in total. The molecule has 0 aliphatic heterocycles. The Bertz CT molecular complexity index is 1420. The van der Waals surface area contributed by atoms with Gasteiger partial charge >= 0.3 is 0 Å². The van der Waals surface area contributed by atoms with E-state index < -0.39 is 0 Å². The SMILES string of the molecule is CN(c1ncnc2c1ccn2N(C)Cc1cccc(-c2cnn(C)c2)c1)c1nccn1CCO. The number of benzene rings is 1. The maximum Gasteiger partial charge on any atom is 0.211 e. The van der Waals surface area contributed by atoms with Gasteiger partial charge in [0.25, 0.3) is 0 Å². The van der Waals surface area contributed by atoms with Crippen molar-refractivity contribution in [2.75, 3.05) is 30.6 Å². The number of imidazole rings is 1. The molecule has 0 unspecified atom stereocenters. The molecule has 174 valence electrons. The Labute approximate surface area is 197 Å². The fourth-order valence-electron chi connectivity index (χ4n) is 4.20. The summed E-state index contributed by atoms with van der Waals surface area (Å²) in [5.41, 5.74) is 4.23. The van der Waals surface area contributed by atoms with E-state index in [0.29, 0.717) is 19.0 Å². The maximum atomic E-state index is 9.35. The lowest BCUT2D eigenvalue weighted by molar-refractivity contribution is 0.276.